The molecule has 1 aliphatic rings. The van der Waals surface area contributed by atoms with E-state index in [0.29, 0.717) is 30.4 Å². The SMILES string of the molecule is O=C(NCC1CCCO1)c1cc(NCc2cccnc2)nc(-c2ccccc2)n1. The minimum Gasteiger partial charge on any atom is -0.376 e. The summed E-state index contributed by atoms with van der Waals surface area (Å²) in [4.78, 5) is 25.9. The van der Waals surface area contributed by atoms with Gasteiger partial charge in [0.15, 0.2) is 5.82 Å². The number of hydrogen-bond acceptors (Lipinski definition) is 6. The lowest BCUT2D eigenvalue weighted by atomic mass is 10.2. The molecule has 1 atom stereocenters. The van der Waals surface area contributed by atoms with Crippen molar-refractivity contribution in [3.05, 3.63) is 72.2 Å². The van der Waals surface area contributed by atoms with Crippen LogP contribution in [0.15, 0.2) is 60.9 Å². The molecule has 0 aliphatic carbocycles. The van der Waals surface area contributed by atoms with Gasteiger partial charge in [-0.2, -0.15) is 0 Å². The van der Waals surface area contributed by atoms with Gasteiger partial charge in [-0.25, -0.2) is 9.97 Å². The summed E-state index contributed by atoms with van der Waals surface area (Å²) < 4.78 is 5.58. The predicted octanol–water partition coefficient (Wildman–Crippen LogP) is 3.06. The Balaban J connectivity index is 1.54. The zero-order valence-corrected chi connectivity index (χ0v) is 16.0. The van der Waals surface area contributed by atoms with Crippen LogP contribution >= 0.6 is 0 Å². The highest BCUT2D eigenvalue weighted by molar-refractivity contribution is 5.93. The molecule has 3 heterocycles. The minimum atomic E-state index is -0.232. The van der Waals surface area contributed by atoms with Crippen LogP contribution in [0.25, 0.3) is 11.4 Å². The predicted molar refractivity (Wildman–Crippen MR) is 110 cm³/mol. The van der Waals surface area contributed by atoms with Crippen LogP contribution in [0.3, 0.4) is 0 Å². The van der Waals surface area contributed by atoms with Crippen LogP contribution in [0.1, 0.15) is 28.9 Å². The Morgan fingerprint density at radius 1 is 1.14 bits per heavy atom. The molecule has 1 fully saturated rings. The molecule has 0 saturated carbocycles. The van der Waals surface area contributed by atoms with Gasteiger partial charge in [0.2, 0.25) is 0 Å². The molecule has 1 aromatic carbocycles. The van der Waals surface area contributed by atoms with Crippen molar-refractivity contribution in [1.82, 2.24) is 20.3 Å². The molecular weight excluding hydrogens is 366 g/mol. The van der Waals surface area contributed by atoms with Crippen LogP contribution in [-0.4, -0.2) is 40.1 Å². The van der Waals surface area contributed by atoms with E-state index in [4.69, 9.17) is 4.74 Å². The average Bonchev–Trinajstić information content (AvgIpc) is 3.31. The number of nitrogens with one attached hydrogen (secondary N) is 2. The summed E-state index contributed by atoms with van der Waals surface area (Å²) in [6.07, 6.45) is 5.61. The molecule has 0 radical (unpaired) electrons. The first-order valence-electron chi connectivity index (χ1n) is 9.75. The standard InChI is InChI=1S/C22H23N5O2/c28-22(25-15-18-9-5-11-29-18)19-12-20(24-14-16-6-4-10-23-13-16)27-21(26-19)17-7-2-1-3-8-17/h1-4,6-8,10,12-13,18H,5,9,11,14-15H2,(H,25,28)(H,24,26,27). The number of rotatable bonds is 7. The van der Waals surface area contributed by atoms with Crippen LogP contribution in [0.4, 0.5) is 5.82 Å². The summed E-state index contributed by atoms with van der Waals surface area (Å²) in [5.74, 6) is 0.860. The Kier molecular flexibility index (Phi) is 6.07. The summed E-state index contributed by atoms with van der Waals surface area (Å²) in [7, 11) is 0. The van der Waals surface area contributed by atoms with E-state index in [1.165, 1.54) is 0 Å². The number of aromatic nitrogens is 3. The zero-order valence-electron chi connectivity index (χ0n) is 16.0. The van der Waals surface area contributed by atoms with Gasteiger partial charge in [0.25, 0.3) is 5.91 Å². The maximum absolute atomic E-state index is 12.7. The molecule has 7 heteroatoms. The van der Waals surface area contributed by atoms with Crippen LogP contribution in [0.5, 0.6) is 0 Å². The summed E-state index contributed by atoms with van der Waals surface area (Å²) in [5.41, 5.74) is 2.20. The van der Waals surface area contributed by atoms with Gasteiger partial charge in [-0.05, 0) is 24.5 Å². The van der Waals surface area contributed by atoms with Gasteiger partial charge in [0, 0.05) is 43.7 Å². The number of amides is 1. The number of anilines is 1. The number of benzene rings is 1. The maximum Gasteiger partial charge on any atom is 0.270 e. The largest absolute Gasteiger partial charge is 0.376 e. The highest BCUT2D eigenvalue weighted by Crippen LogP contribution is 2.18. The lowest BCUT2D eigenvalue weighted by Crippen LogP contribution is -2.32. The van der Waals surface area contributed by atoms with Gasteiger partial charge in [-0.15, -0.1) is 0 Å². The number of carbonyl (C=O) groups excluding carboxylic acids is 1. The molecule has 1 unspecified atom stereocenters. The Labute approximate surface area is 169 Å². The summed E-state index contributed by atoms with van der Waals surface area (Å²) in [6, 6.07) is 15.2. The molecule has 0 spiro atoms. The van der Waals surface area contributed by atoms with Crippen molar-refractivity contribution in [1.29, 1.82) is 0 Å². The van der Waals surface area contributed by atoms with Crippen molar-refractivity contribution in [2.75, 3.05) is 18.5 Å². The number of ether oxygens (including phenoxy) is 1. The topological polar surface area (TPSA) is 89.0 Å². The monoisotopic (exact) mass is 389 g/mol. The van der Waals surface area contributed by atoms with E-state index in [-0.39, 0.29) is 12.0 Å². The van der Waals surface area contributed by atoms with Crippen molar-refractivity contribution < 1.29 is 9.53 Å². The van der Waals surface area contributed by atoms with Crippen molar-refractivity contribution >= 4 is 11.7 Å². The third-order valence-electron chi connectivity index (χ3n) is 4.70. The molecule has 4 rings (SSSR count). The first-order valence-corrected chi connectivity index (χ1v) is 9.75. The average molecular weight is 389 g/mol. The van der Waals surface area contributed by atoms with Crippen LogP contribution in [-0.2, 0) is 11.3 Å². The van der Waals surface area contributed by atoms with Crippen LogP contribution < -0.4 is 10.6 Å². The molecule has 7 nitrogen and oxygen atoms in total. The summed E-state index contributed by atoms with van der Waals surface area (Å²) >= 11 is 0. The first kappa shape index (κ1) is 19.0. The van der Waals surface area contributed by atoms with Crippen LogP contribution in [0.2, 0.25) is 0 Å². The number of hydrogen-bond donors (Lipinski definition) is 2. The molecular formula is C22H23N5O2. The summed E-state index contributed by atoms with van der Waals surface area (Å²) in [6.45, 7) is 1.80. The van der Waals surface area contributed by atoms with E-state index in [2.05, 4.69) is 25.6 Å². The van der Waals surface area contributed by atoms with E-state index in [9.17, 15) is 4.79 Å². The molecule has 2 aromatic heterocycles. The van der Waals surface area contributed by atoms with Crippen molar-refractivity contribution in [3.8, 4) is 11.4 Å². The first-order chi connectivity index (χ1) is 14.3. The summed E-state index contributed by atoms with van der Waals surface area (Å²) in [5, 5.41) is 6.20. The Hall–Kier alpha value is -3.32. The lowest BCUT2D eigenvalue weighted by molar-refractivity contribution is 0.0853. The normalized spacial score (nSPS) is 15.8. The molecule has 1 amide bonds. The highest BCUT2D eigenvalue weighted by atomic mass is 16.5. The number of carbonyl (C=O) groups is 1. The third-order valence-corrected chi connectivity index (χ3v) is 4.70. The quantitative estimate of drug-likeness (QED) is 0.646. The molecule has 29 heavy (non-hydrogen) atoms. The second-order valence-corrected chi connectivity index (χ2v) is 6.89. The molecule has 1 saturated heterocycles. The Morgan fingerprint density at radius 3 is 2.79 bits per heavy atom. The van der Waals surface area contributed by atoms with Gasteiger partial charge in [0.1, 0.15) is 11.5 Å². The third kappa shape index (κ3) is 5.14. The van der Waals surface area contributed by atoms with Crippen molar-refractivity contribution in [2.24, 2.45) is 0 Å². The smallest absolute Gasteiger partial charge is 0.270 e. The second-order valence-electron chi connectivity index (χ2n) is 6.89. The minimum absolute atomic E-state index is 0.0811. The maximum atomic E-state index is 12.7. The van der Waals surface area contributed by atoms with Crippen molar-refractivity contribution in [2.45, 2.75) is 25.5 Å². The lowest BCUT2D eigenvalue weighted by Gasteiger charge is -2.12. The fourth-order valence-corrected chi connectivity index (χ4v) is 3.17. The van der Waals surface area contributed by atoms with Gasteiger partial charge in [0.05, 0.1) is 6.10 Å². The van der Waals surface area contributed by atoms with Gasteiger partial charge >= 0.3 is 0 Å². The molecule has 2 N–H and O–H groups in total. The Morgan fingerprint density at radius 2 is 2.03 bits per heavy atom. The Bertz CT molecular complexity index is 944. The number of nitrogens with zero attached hydrogens (tertiary/aromatic N) is 3. The zero-order chi connectivity index (χ0) is 19.9. The van der Waals surface area contributed by atoms with Crippen molar-refractivity contribution in [3.63, 3.8) is 0 Å². The van der Waals surface area contributed by atoms with E-state index in [1.807, 2.05) is 42.5 Å². The van der Waals surface area contributed by atoms with E-state index >= 15 is 0 Å². The fourth-order valence-electron chi connectivity index (χ4n) is 3.17. The molecule has 148 valence electrons. The van der Waals surface area contributed by atoms with Gasteiger partial charge in [-0.3, -0.25) is 9.78 Å². The molecule has 1 aliphatic heterocycles. The highest BCUT2D eigenvalue weighted by Gasteiger charge is 2.18. The van der Waals surface area contributed by atoms with E-state index < -0.39 is 0 Å². The molecule has 3 aromatic rings. The van der Waals surface area contributed by atoms with E-state index in [0.717, 1.165) is 30.6 Å². The van der Waals surface area contributed by atoms with E-state index in [1.54, 1.807) is 18.5 Å². The number of pyridine rings is 1. The van der Waals surface area contributed by atoms with Gasteiger partial charge in [-0.1, -0.05) is 36.4 Å². The van der Waals surface area contributed by atoms with Gasteiger partial charge < -0.3 is 15.4 Å². The fraction of sp³-hybridized carbons (Fsp3) is 0.273. The second kappa shape index (κ2) is 9.25. The molecule has 0 bridgehead atoms. The van der Waals surface area contributed by atoms with Crippen LogP contribution in [0, 0.1) is 0 Å².